The molecule has 2 rings (SSSR count). The highest BCUT2D eigenvalue weighted by Gasteiger charge is 2.18. The van der Waals surface area contributed by atoms with Crippen LogP contribution in [0.15, 0.2) is 57.9 Å². The number of carbonyl (C=O) groups is 1. The van der Waals surface area contributed by atoms with Gasteiger partial charge < -0.3 is 5.73 Å². The highest BCUT2D eigenvalue weighted by atomic mass is 79.9. The Morgan fingerprint density at radius 2 is 1.64 bits per heavy atom. The van der Waals surface area contributed by atoms with Crippen LogP contribution in [0.4, 0.5) is 0 Å². The zero-order chi connectivity index (χ0) is 16.2. The summed E-state index contributed by atoms with van der Waals surface area (Å²) in [7, 11) is -3.89. The van der Waals surface area contributed by atoms with Gasteiger partial charge in [0.15, 0.2) is 0 Å². The van der Waals surface area contributed by atoms with Crippen molar-refractivity contribution in [3.8, 4) is 0 Å². The molecule has 0 unspecified atom stereocenters. The number of rotatable bonds is 5. The first-order valence-corrected chi connectivity index (χ1v) is 8.82. The van der Waals surface area contributed by atoms with Crippen molar-refractivity contribution in [2.45, 2.75) is 11.3 Å². The first kappa shape index (κ1) is 16.7. The molecule has 7 heteroatoms. The molecule has 0 saturated heterocycles. The number of halogens is 1. The van der Waals surface area contributed by atoms with Gasteiger partial charge in [-0.1, -0.05) is 28.1 Å². The van der Waals surface area contributed by atoms with Crippen molar-refractivity contribution >= 4 is 31.9 Å². The van der Waals surface area contributed by atoms with Crippen molar-refractivity contribution in [2.75, 3.05) is 6.54 Å². The number of sulfonamides is 1. The van der Waals surface area contributed by atoms with Gasteiger partial charge in [-0.05, 0) is 54.9 Å². The van der Waals surface area contributed by atoms with Crippen LogP contribution >= 0.6 is 15.9 Å². The molecular formula is C15H15BrN2O3S. The summed E-state index contributed by atoms with van der Waals surface area (Å²) in [4.78, 5) is 12.0. The van der Waals surface area contributed by atoms with E-state index >= 15 is 0 Å². The number of nitrogens with two attached hydrogens (primary N) is 1. The fourth-order valence-corrected chi connectivity index (χ4v) is 3.08. The van der Waals surface area contributed by atoms with Gasteiger partial charge >= 0.3 is 0 Å². The Bertz CT molecular complexity index is 756. The summed E-state index contributed by atoms with van der Waals surface area (Å²) in [6.07, 6.45) is 0.672. The Kier molecular flexibility index (Phi) is 5.33. The zero-order valence-electron chi connectivity index (χ0n) is 11.6. The number of amides is 1. The fourth-order valence-electron chi connectivity index (χ4n) is 1.84. The minimum Gasteiger partial charge on any atom is -0.330 e. The minimum absolute atomic E-state index is 0.0405. The predicted octanol–water partition coefficient (Wildman–Crippen LogP) is 2.07. The standard InChI is InChI=1S/C15H15BrN2O3S/c16-13-5-3-12(4-6-13)15(19)18-22(20,21)14-7-1-11(2-8-14)9-10-17/h1-8H,9-10,17H2,(H,18,19). The smallest absolute Gasteiger partial charge is 0.264 e. The van der Waals surface area contributed by atoms with Gasteiger partial charge in [-0.3, -0.25) is 4.79 Å². The van der Waals surface area contributed by atoms with Crippen LogP contribution < -0.4 is 10.5 Å². The lowest BCUT2D eigenvalue weighted by Crippen LogP contribution is -2.30. The lowest BCUT2D eigenvalue weighted by molar-refractivity contribution is 0.0981. The van der Waals surface area contributed by atoms with Gasteiger partial charge in [-0.15, -0.1) is 0 Å². The van der Waals surface area contributed by atoms with E-state index in [9.17, 15) is 13.2 Å². The largest absolute Gasteiger partial charge is 0.330 e. The number of nitrogens with one attached hydrogen (secondary N) is 1. The Hall–Kier alpha value is -1.70. The highest BCUT2D eigenvalue weighted by molar-refractivity contribution is 9.10. The number of carbonyl (C=O) groups excluding carboxylic acids is 1. The number of benzene rings is 2. The summed E-state index contributed by atoms with van der Waals surface area (Å²) in [6.45, 7) is 0.492. The van der Waals surface area contributed by atoms with Crippen molar-refractivity contribution in [2.24, 2.45) is 5.73 Å². The molecule has 0 fully saturated rings. The summed E-state index contributed by atoms with van der Waals surface area (Å²) < 4.78 is 27.2. The fraction of sp³-hybridized carbons (Fsp3) is 0.133. The van der Waals surface area contributed by atoms with Crippen molar-refractivity contribution in [1.82, 2.24) is 4.72 Å². The van der Waals surface area contributed by atoms with Crippen molar-refractivity contribution < 1.29 is 13.2 Å². The SMILES string of the molecule is NCCc1ccc(S(=O)(=O)NC(=O)c2ccc(Br)cc2)cc1. The van der Waals surface area contributed by atoms with Crippen LogP contribution in [0.3, 0.4) is 0 Å². The maximum Gasteiger partial charge on any atom is 0.264 e. The highest BCUT2D eigenvalue weighted by Crippen LogP contribution is 2.13. The van der Waals surface area contributed by atoms with E-state index in [0.717, 1.165) is 10.0 Å². The maximum absolute atomic E-state index is 12.2. The molecular weight excluding hydrogens is 368 g/mol. The molecule has 3 N–H and O–H groups in total. The van der Waals surface area contributed by atoms with E-state index in [2.05, 4.69) is 20.7 Å². The summed E-state index contributed by atoms with van der Waals surface area (Å²) in [5, 5.41) is 0. The Morgan fingerprint density at radius 1 is 1.05 bits per heavy atom. The third kappa shape index (κ3) is 4.16. The van der Waals surface area contributed by atoms with Crippen LogP contribution in [-0.4, -0.2) is 20.9 Å². The summed E-state index contributed by atoms with van der Waals surface area (Å²) in [5.74, 6) is -0.668. The summed E-state index contributed by atoms with van der Waals surface area (Å²) in [6, 6.07) is 12.7. The Morgan fingerprint density at radius 3 is 2.18 bits per heavy atom. The zero-order valence-corrected chi connectivity index (χ0v) is 14.0. The van der Waals surface area contributed by atoms with Crippen LogP contribution in [0.1, 0.15) is 15.9 Å². The predicted molar refractivity (Wildman–Crippen MR) is 88.0 cm³/mol. The van der Waals surface area contributed by atoms with Gasteiger partial charge in [0, 0.05) is 10.0 Å². The lowest BCUT2D eigenvalue weighted by atomic mass is 10.2. The molecule has 0 aliphatic carbocycles. The van der Waals surface area contributed by atoms with Crippen LogP contribution in [0, 0.1) is 0 Å². The van der Waals surface area contributed by atoms with Gasteiger partial charge in [0.25, 0.3) is 15.9 Å². The first-order chi connectivity index (χ1) is 10.4. The molecule has 0 aliphatic heterocycles. The number of hydrogen-bond acceptors (Lipinski definition) is 4. The molecule has 0 aromatic heterocycles. The summed E-state index contributed by atoms with van der Waals surface area (Å²) >= 11 is 3.25. The van der Waals surface area contributed by atoms with Gasteiger partial charge in [-0.25, -0.2) is 13.1 Å². The van der Waals surface area contributed by atoms with E-state index in [4.69, 9.17) is 5.73 Å². The van der Waals surface area contributed by atoms with Crippen molar-refractivity contribution in [3.63, 3.8) is 0 Å². The average molecular weight is 383 g/mol. The second kappa shape index (κ2) is 7.04. The Labute approximate surface area is 137 Å². The van der Waals surface area contributed by atoms with Gasteiger partial charge in [-0.2, -0.15) is 0 Å². The maximum atomic E-state index is 12.2. The molecule has 1 amide bonds. The molecule has 0 bridgehead atoms. The minimum atomic E-state index is -3.89. The molecule has 0 aliphatic rings. The molecule has 5 nitrogen and oxygen atoms in total. The lowest BCUT2D eigenvalue weighted by Gasteiger charge is -2.08. The third-order valence-electron chi connectivity index (χ3n) is 3.00. The molecule has 0 spiro atoms. The van der Waals surface area contributed by atoms with E-state index in [0.29, 0.717) is 13.0 Å². The summed E-state index contributed by atoms with van der Waals surface area (Å²) in [5.41, 5.74) is 6.66. The molecule has 0 radical (unpaired) electrons. The molecule has 116 valence electrons. The van der Waals surface area contributed by atoms with Crippen molar-refractivity contribution in [3.05, 3.63) is 64.1 Å². The molecule has 0 saturated carbocycles. The van der Waals surface area contributed by atoms with E-state index < -0.39 is 15.9 Å². The third-order valence-corrected chi connectivity index (χ3v) is 4.88. The van der Waals surface area contributed by atoms with Gasteiger partial charge in [0.05, 0.1) is 4.90 Å². The average Bonchev–Trinajstić information content (AvgIpc) is 2.48. The first-order valence-electron chi connectivity index (χ1n) is 6.54. The van der Waals surface area contributed by atoms with Crippen LogP contribution in [0.2, 0.25) is 0 Å². The topological polar surface area (TPSA) is 89.3 Å². The molecule has 2 aromatic carbocycles. The Balaban J connectivity index is 2.16. The van der Waals surface area contributed by atoms with E-state index in [-0.39, 0.29) is 10.5 Å². The second-order valence-electron chi connectivity index (χ2n) is 4.62. The second-order valence-corrected chi connectivity index (χ2v) is 7.22. The molecule has 0 atom stereocenters. The monoisotopic (exact) mass is 382 g/mol. The molecule has 2 aromatic rings. The van der Waals surface area contributed by atoms with Gasteiger partial charge in [0.2, 0.25) is 0 Å². The van der Waals surface area contributed by atoms with Crippen molar-refractivity contribution in [1.29, 1.82) is 0 Å². The van der Waals surface area contributed by atoms with Crippen LogP contribution in [0.25, 0.3) is 0 Å². The van der Waals surface area contributed by atoms with Gasteiger partial charge in [0.1, 0.15) is 0 Å². The van der Waals surface area contributed by atoms with E-state index in [1.54, 1.807) is 36.4 Å². The van der Waals surface area contributed by atoms with E-state index in [1.165, 1.54) is 12.1 Å². The normalized spacial score (nSPS) is 11.2. The van der Waals surface area contributed by atoms with Crippen LogP contribution in [-0.2, 0) is 16.4 Å². The van der Waals surface area contributed by atoms with Crippen LogP contribution in [0.5, 0.6) is 0 Å². The molecule has 22 heavy (non-hydrogen) atoms. The number of hydrogen-bond donors (Lipinski definition) is 2. The quantitative estimate of drug-likeness (QED) is 0.827. The molecule has 0 heterocycles. The van der Waals surface area contributed by atoms with E-state index in [1.807, 2.05) is 0 Å².